The number of carbonyl (C=O) groups excluding carboxylic acids is 1. The Kier molecular flexibility index (Phi) is 6.40. The molecular weight excluding hydrogens is 322 g/mol. The number of aliphatic hydroxyl groups is 1. The molecule has 8 heteroatoms. The molecule has 130 valence electrons. The predicted octanol–water partition coefficient (Wildman–Crippen LogP) is 2.20. The quantitative estimate of drug-likeness (QED) is 0.766. The van der Waals surface area contributed by atoms with E-state index >= 15 is 0 Å². The van der Waals surface area contributed by atoms with Crippen LogP contribution >= 0.6 is 0 Å². The van der Waals surface area contributed by atoms with Crippen molar-refractivity contribution in [3.05, 3.63) is 18.2 Å². The zero-order valence-electron chi connectivity index (χ0n) is 13.8. The van der Waals surface area contributed by atoms with Crippen molar-refractivity contribution in [2.24, 2.45) is 0 Å². The van der Waals surface area contributed by atoms with E-state index in [2.05, 4.69) is 5.32 Å². The molecule has 0 saturated heterocycles. The van der Waals surface area contributed by atoms with Crippen LogP contribution in [-0.4, -0.2) is 44.7 Å². The molecule has 0 spiro atoms. The Morgan fingerprint density at radius 1 is 1.30 bits per heavy atom. The summed E-state index contributed by atoms with van der Waals surface area (Å²) >= 11 is 0. The summed E-state index contributed by atoms with van der Waals surface area (Å²) in [5.41, 5.74) is -0.490. The van der Waals surface area contributed by atoms with Crippen LogP contribution in [0.3, 0.4) is 0 Å². The second-order valence-electron chi connectivity index (χ2n) is 5.98. The van der Waals surface area contributed by atoms with Crippen molar-refractivity contribution < 1.29 is 27.8 Å². The molecule has 0 heterocycles. The van der Waals surface area contributed by atoms with Gasteiger partial charge in [0.2, 0.25) is 0 Å². The third-order valence-electron chi connectivity index (χ3n) is 2.57. The summed E-state index contributed by atoms with van der Waals surface area (Å²) in [4.78, 5) is 11.9. The minimum absolute atomic E-state index is 0.0315. The summed E-state index contributed by atoms with van der Waals surface area (Å²) in [5.74, 6) is 0.303. The fourth-order valence-electron chi connectivity index (χ4n) is 1.62. The van der Waals surface area contributed by atoms with E-state index in [1.165, 1.54) is 18.2 Å². The van der Waals surface area contributed by atoms with Crippen molar-refractivity contribution >= 4 is 21.6 Å². The minimum Gasteiger partial charge on any atom is -0.491 e. The van der Waals surface area contributed by atoms with Gasteiger partial charge in [0.05, 0.1) is 17.2 Å². The van der Waals surface area contributed by atoms with Crippen LogP contribution in [0, 0.1) is 0 Å². The van der Waals surface area contributed by atoms with Gasteiger partial charge in [-0.1, -0.05) is 0 Å². The number of amides is 1. The number of carbonyl (C=O) groups is 1. The molecule has 0 unspecified atom stereocenters. The zero-order chi connectivity index (χ0) is 17.7. The standard InChI is InChI=1S/C15H23NO6S/c1-15(2,3)22-14(18)16-12-10-11(23(4,19)20)6-7-13(12)21-9-5-8-17/h6-7,10,17H,5,8-9H2,1-4H3,(H,16,18). The monoisotopic (exact) mass is 345 g/mol. The van der Waals surface area contributed by atoms with Crippen LogP contribution in [0.5, 0.6) is 5.75 Å². The van der Waals surface area contributed by atoms with E-state index in [4.69, 9.17) is 14.6 Å². The first-order chi connectivity index (χ1) is 10.5. The molecule has 0 fully saturated rings. The third-order valence-corrected chi connectivity index (χ3v) is 3.69. The van der Waals surface area contributed by atoms with Gasteiger partial charge in [0, 0.05) is 19.3 Å². The molecular formula is C15H23NO6S. The highest BCUT2D eigenvalue weighted by Gasteiger charge is 2.19. The van der Waals surface area contributed by atoms with Gasteiger partial charge in [-0.15, -0.1) is 0 Å². The lowest BCUT2D eigenvalue weighted by molar-refractivity contribution is 0.0635. The minimum atomic E-state index is -3.43. The SMILES string of the molecule is CC(C)(C)OC(=O)Nc1cc(S(C)(=O)=O)ccc1OCCCO. The second kappa shape index (κ2) is 7.65. The van der Waals surface area contributed by atoms with Gasteiger partial charge in [0.1, 0.15) is 11.4 Å². The Balaban J connectivity index is 3.05. The Morgan fingerprint density at radius 2 is 1.96 bits per heavy atom. The van der Waals surface area contributed by atoms with Crippen LogP contribution in [0.4, 0.5) is 10.5 Å². The van der Waals surface area contributed by atoms with Crippen molar-refractivity contribution in [3.63, 3.8) is 0 Å². The maximum Gasteiger partial charge on any atom is 0.412 e. The molecule has 0 radical (unpaired) electrons. The molecule has 0 aromatic heterocycles. The molecule has 0 atom stereocenters. The Hall–Kier alpha value is -1.80. The highest BCUT2D eigenvalue weighted by atomic mass is 32.2. The van der Waals surface area contributed by atoms with Gasteiger partial charge in [-0.2, -0.15) is 0 Å². The van der Waals surface area contributed by atoms with Crippen LogP contribution in [0.15, 0.2) is 23.1 Å². The Bertz CT molecular complexity index is 648. The summed E-state index contributed by atoms with van der Waals surface area (Å²) in [6.07, 6.45) is 0.779. The van der Waals surface area contributed by atoms with E-state index in [-0.39, 0.29) is 23.8 Å². The van der Waals surface area contributed by atoms with E-state index in [0.29, 0.717) is 12.2 Å². The molecule has 23 heavy (non-hydrogen) atoms. The molecule has 1 aromatic rings. The molecule has 7 nitrogen and oxygen atoms in total. The normalized spacial score (nSPS) is 11.9. The van der Waals surface area contributed by atoms with Crippen molar-refractivity contribution in [1.29, 1.82) is 0 Å². The Labute approximate surface area is 136 Å². The first-order valence-electron chi connectivity index (χ1n) is 7.11. The number of hydrogen-bond donors (Lipinski definition) is 2. The van der Waals surface area contributed by atoms with Crippen molar-refractivity contribution in [2.75, 3.05) is 24.8 Å². The molecule has 0 aliphatic carbocycles. The average molecular weight is 345 g/mol. The molecule has 0 aliphatic heterocycles. The largest absolute Gasteiger partial charge is 0.491 e. The Morgan fingerprint density at radius 3 is 2.48 bits per heavy atom. The predicted molar refractivity (Wildman–Crippen MR) is 86.6 cm³/mol. The highest BCUT2D eigenvalue weighted by molar-refractivity contribution is 7.90. The number of nitrogens with one attached hydrogen (secondary N) is 1. The van der Waals surface area contributed by atoms with E-state index in [9.17, 15) is 13.2 Å². The molecule has 1 aromatic carbocycles. The van der Waals surface area contributed by atoms with Crippen LogP contribution in [0.1, 0.15) is 27.2 Å². The van der Waals surface area contributed by atoms with Gasteiger partial charge in [-0.25, -0.2) is 13.2 Å². The highest BCUT2D eigenvalue weighted by Crippen LogP contribution is 2.28. The van der Waals surface area contributed by atoms with Gasteiger partial charge in [-0.05, 0) is 39.0 Å². The molecule has 2 N–H and O–H groups in total. The smallest absolute Gasteiger partial charge is 0.412 e. The first kappa shape index (κ1) is 19.2. The maximum absolute atomic E-state index is 11.9. The number of aliphatic hydroxyl groups excluding tert-OH is 1. The third kappa shape index (κ3) is 6.87. The summed E-state index contributed by atoms with van der Waals surface area (Å²) in [7, 11) is -3.43. The zero-order valence-corrected chi connectivity index (χ0v) is 14.6. The summed E-state index contributed by atoms with van der Waals surface area (Å²) < 4.78 is 33.9. The lowest BCUT2D eigenvalue weighted by Gasteiger charge is -2.20. The van der Waals surface area contributed by atoms with Crippen molar-refractivity contribution in [2.45, 2.75) is 37.7 Å². The number of benzene rings is 1. The maximum atomic E-state index is 11.9. The van der Waals surface area contributed by atoms with Crippen molar-refractivity contribution in [3.8, 4) is 5.75 Å². The van der Waals surface area contributed by atoms with Crippen LogP contribution in [0.2, 0.25) is 0 Å². The van der Waals surface area contributed by atoms with Crippen LogP contribution in [-0.2, 0) is 14.6 Å². The van der Waals surface area contributed by atoms with E-state index in [0.717, 1.165) is 6.26 Å². The van der Waals surface area contributed by atoms with Gasteiger partial charge >= 0.3 is 6.09 Å². The second-order valence-corrected chi connectivity index (χ2v) is 8.00. The number of rotatable bonds is 6. The fourth-order valence-corrected chi connectivity index (χ4v) is 2.27. The number of sulfone groups is 1. The lowest BCUT2D eigenvalue weighted by atomic mass is 10.2. The van der Waals surface area contributed by atoms with Crippen LogP contribution in [0.25, 0.3) is 0 Å². The van der Waals surface area contributed by atoms with E-state index < -0.39 is 21.5 Å². The van der Waals surface area contributed by atoms with Crippen LogP contribution < -0.4 is 10.1 Å². The topological polar surface area (TPSA) is 102 Å². The summed E-state index contributed by atoms with van der Waals surface area (Å²) in [6.45, 7) is 5.36. The van der Waals surface area contributed by atoms with Gasteiger partial charge in [0.25, 0.3) is 0 Å². The molecule has 0 bridgehead atoms. The molecule has 1 amide bonds. The number of anilines is 1. The van der Waals surface area contributed by atoms with Gasteiger partial charge in [-0.3, -0.25) is 5.32 Å². The van der Waals surface area contributed by atoms with Gasteiger partial charge < -0.3 is 14.6 Å². The number of ether oxygens (including phenoxy) is 2. The van der Waals surface area contributed by atoms with Crippen molar-refractivity contribution in [1.82, 2.24) is 0 Å². The summed E-state index contributed by atoms with van der Waals surface area (Å²) in [6, 6.07) is 4.16. The molecule has 1 rings (SSSR count). The van der Waals surface area contributed by atoms with E-state index in [1.807, 2.05) is 0 Å². The fraction of sp³-hybridized carbons (Fsp3) is 0.533. The summed E-state index contributed by atoms with van der Waals surface area (Å²) in [5, 5.41) is 11.3. The molecule has 0 saturated carbocycles. The van der Waals surface area contributed by atoms with Gasteiger partial charge in [0.15, 0.2) is 9.84 Å². The average Bonchev–Trinajstić information content (AvgIpc) is 2.37. The van der Waals surface area contributed by atoms with E-state index in [1.54, 1.807) is 20.8 Å². The molecule has 0 aliphatic rings. The lowest BCUT2D eigenvalue weighted by Crippen LogP contribution is -2.27. The number of hydrogen-bond acceptors (Lipinski definition) is 6. The first-order valence-corrected chi connectivity index (χ1v) is 9.00.